The van der Waals surface area contributed by atoms with Gasteiger partial charge in [0, 0.05) is 17.6 Å². The minimum Gasteiger partial charge on any atom is -0.497 e. The van der Waals surface area contributed by atoms with E-state index in [0.29, 0.717) is 28.8 Å². The Kier molecular flexibility index (Phi) is 5.71. The van der Waals surface area contributed by atoms with Gasteiger partial charge in [0.15, 0.2) is 0 Å². The minimum absolute atomic E-state index is 0.340. The number of anilines is 1. The number of benzene rings is 2. The second-order valence-corrected chi connectivity index (χ2v) is 5.36. The second-order valence-electron chi connectivity index (χ2n) is 4.96. The lowest BCUT2D eigenvalue weighted by Crippen LogP contribution is -2.28. The maximum absolute atomic E-state index is 12.1. The van der Waals surface area contributed by atoms with E-state index in [-0.39, 0.29) is 6.03 Å². The molecule has 0 aliphatic heterocycles. The molecule has 0 aromatic heterocycles. The average Bonchev–Trinajstić information content (AvgIpc) is 2.55. The molecule has 0 unspecified atom stereocenters. The van der Waals surface area contributed by atoms with Crippen molar-refractivity contribution in [3.8, 4) is 11.5 Å². The molecule has 23 heavy (non-hydrogen) atoms. The van der Waals surface area contributed by atoms with Crippen LogP contribution < -0.4 is 20.1 Å². The van der Waals surface area contributed by atoms with Gasteiger partial charge in [0.2, 0.25) is 0 Å². The molecule has 6 heteroatoms. The zero-order valence-corrected chi connectivity index (χ0v) is 14.0. The number of halogens is 1. The third kappa shape index (κ3) is 4.53. The number of aryl methyl sites for hydroxylation is 1. The molecule has 0 atom stereocenters. The highest BCUT2D eigenvalue weighted by atomic mass is 35.5. The summed E-state index contributed by atoms with van der Waals surface area (Å²) in [5.74, 6) is 1.19. The maximum Gasteiger partial charge on any atom is 0.319 e. The first-order valence-corrected chi connectivity index (χ1v) is 7.43. The van der Waals surface area contributed by atoms with Gasteiger partial charge in [0.1, 0.15) is 11.5 Å². The molecular weight excluding hydrogens is 316 g/mol. The van der Waals surface area contributed by atoms with Gasteiger partial charge in [-0.2, -0.15) is 0 Å². The number of amides is 2. The fourth-order valence-corrected chi connectivity index (χ4v) is 2.21. The van der Waals surface area contributed by atoms with Crippen LogP contribution in [0.3, 0.4) is 0 Å². The van der Waals surface area contributed by atoms with Crippen LogP contribution in [-0.4, -0.2) is 20.3 Å². The number of hydrogen-bond acceptors (Lipinski definition) is 3. The van der Waals surface area contributed by atoms with Crippen molar-refractivity contribution in [2.45, 2.75) is 13.5 Å². The maximum atomic E-state index is 12.1. The largest absolute Gasteiger partial charge is 0.497 e. The van der Waals surface area contributed by atoms with E-state index in [0.717, 1.165) is 11.1 Å². The summed E-state index contributed by atoms with van der Waals surface area (Å²) in [6.07, 6.45) is 0. The summed E-state index contributed by atoms with van der Waals surface area (Å²) in [6, 6.07) is 10.5. The zero-order chi connectivity index (χ0) is 16.8. The highest BCUT2D eigenvalue weighted by molar-refractivity contribution is 6.31. The van der Waals surface area contributed by atoms with E-state index in [2.05, 4.69) is 10.6 Å². The zero-order valence-electron chi connectivity index (χ0n) is 13.3. The van der Waals surface area contributed by atoms with E-state index in [1.165, 1.54) is 0 Å². The van der Waals surface area contributed by atoms with E-state index < -0.39 is 0 Å². The second kappa shape index (κ2) is 7.74. The van der Waals surface area contributed by atoms with Crippen molar-refractivity contribution in [1.29, 1.82) is 0 Å². The van der Waals surface area contributed by atoms with Crippen LogP contribution in [0.25, 0.3) is 0 Å². The first kappa shape index (κ1) is 17.0. The first-order chi connectivity index (χ1) is 11.0. The lowest BCUT2D eigenvalue weighted by atomic mass is 10.1. The summed E-state index contributed by atoms with van der Waals surface area (Å²) < 4.78 is 10.4. The number of urea groups is 1. The molecule has 0 heterocycles. The fraction of sp³-hybridized carbons (Fsp3) is 0.235. The smallest absolute Gasteiger partial charge is 0.319 e. The van der Waals surface area contributed by atoms with Crippen molar-refractivity contribution in [2.24, 2.45) is 0 Å². The van der Waals surface area contributed by atoms with Crippen LogP contribution >= 0.6 is 11.6 Å². The minimum atomic E-state index is -0.340. The molecule has 0 fully saturated rings. The quantitative estimate of drug-likeness (QED) is 0.869. The summed E-state index contributed by atoms with van der Waals surface area (Å²) in [6.45, 7) is 2.30. The number of carbonyl (C=O) groups is 1. The van der Waals surface area contributed by atoms with Crippen molar-refractivity contribution in [3.05, 3.63) is 52.5 Å². The van der Waals surface area contributed by atoms with Crippen molar-refractivity contribution in [3.63, 3.8) is 0 Å². The average molecular weight is 335 g/mol. The van der Waals surface area contributed by atoms with Crippen LogP contribution in [0.2, 0.25) is 5.02 Å². The molecule has 122 valence electrons. The van der Waals surface area contributed by atoms with Crippen LogP contribution in [0.15, 0.2) is 36.4 Å². The first-order valence-electron chi connectivity index (χ1n) is 7.05. The van der Waals surface area contributed by atoms with E-state index in [9.17, 15) is 4.79 Å². The SMILES string of the molecule is COc1ccc(OC)c(NC(=O)NCc2ccc(C)c(Cl)c2)c1. The van der Waals surface area contributed by atoms with E-state index in [4.69, 9.17) is 21.1 Å². The number of methoxy groups -OCH3 is 2. The predicted octanol–water partition coefficient (Wildman–Crippen LogP) is 3.99. The van der Waals surface area contributed by atoms with E-state index in [1.54, 1.807) is 32.4 Å². The number of carbonyl (C=O) groups excluding carboxylic acids is 1. The number of rotatable bonds is 5. The molecule has 0 saturated carbocycles. The lowest BCUT2D eigenvalue weighted by molar-refractivity contribution is 0.251. The molecule has 2 amide bonds. The third-order valence-electron chi connectivity index (χ3n) is 3.34. The summed E-state index contributed by atoms with van der Waals surface area (Å²) in [5.41, 5.74) is 2.46. The van der Waals surface area contributed by atoms with Gasteiger partial charge in [-0.15, -0.1) is 0 Å². The molecule has 0 spiro atoms. The monoisotopic (exact) mass is 334 g/mol. The Labute approximate surface area is 140 Å². The van der Waals surface area contributed by atoms with Gasteiger partial charge in [0.05, 0.1) is 19.9 Å². The van der Waals surface area contributed by atoms with Gasteiger partial charge in [-0.05, 0) is 36.2 Å². The van der Waals surface area contributed by atoms with Crippen LogP contribution in [0.4, 0.5) is 10.5 Å². The van der Waals surface area contributed by atoms with Gasteiger partial charge >= 0.3 is 6.03 Å². The molecule has 2 aromatic rings. The Morgan fingerprint density at radius 3 is 2.57 bits per heavy atom. The molecule has 2 rings (SSSR count). The Morgan fingerprint density at radius 1 is 1.13 bits per heavy atom. The number of nitrogens with one attached hydrogen (secondary N) is 2. The van der Waals surface area contributed by atoms with Gasteiger partial charge in [-0.3, -0.25) is 0 Å². The predicted molar refractivity (Wildman–Crippen MR) is 91.6 cm³/mol. The van der Waals surface area contributed by atoms with Crippen molar-refractivity contribution < 1.29 is 14.3 Å². The highest BCUT2D eigenvalue weighted by Crippen LogP contribution is 2.28. The summed E-state index contributed by atoms with van der Waals surface area (Å²) >= 11 is 6.07. The Balaban J connectivity index is 2.00. The molecule has 2 N–H and O–H groups in total. The van der Waals surface area contributed by atoms with Crippen molar-refractivity contribution in [1.82, 2.24) is 5.32 Å². The van der Waals surface area contributed by atoms with Crippen molar-refractivity contribution in [2.75, 3.05) is 19.5 Å². The van der Waals surface area contributed by atoms with Crippen LogP contribution in [0.5, 0.6) is 11.5 Å². The van der Waals surface area contributed by atoms with Gasteiger partial charge in [0.25, 0.3) is 0 Å². The van der Waals surface area contributed by atoms with Crippen LogP contribution in [0, 0.1) is 6.92 Å². The molecule has 0 bridgehead atoms. The summed E-state index contributed by atoms with van der Waals surface area (Å²) in [5, 5.41) is 6.20. The molecule has 0 radical (unpaired) electrons. The Hall–Kier alpha value is -2.40. The summed E-state index contributed by atoms with van der Waals surface area (Å²) in [4.78, 5) is 12.1. The number of ether oxygens (including phenoxy) is 2. The van der Waals surface area contributed by atoms with Crippen molar-refractivity contribution >= 4 is 23.3 Å². The topological polar surface area (TPSA) is 59.6 Å². The highest BCUT2D eigenvalue weighted by Gasteiger charge is 2.09. The normalized spacial score (nSPS) is 10.1. The Bertz CT molecular complexity index is 704. The van der Waals surface area contributed by atoms with E-state index in [1.807, 2.05) is 25.1 Å². The molecule has 0 aliphatic rings. The standard InChI is InChI=1S/C17H19ClN2O3/c1-11-4-5-12(8-14(11)18)10-19-17(21)20-15-9-13(22-2)6-7-16(15)23-3/h4-9H,10H2,1-3H3,(H2,19,20,21). The van der Waals surface area contributed by atoms with E-state index >= 15 is 0 Å². The third-order valence-corrected chi connectivity index (χ3v) is 3.75. The van der Waals surface area contributed by atoms with Crippen LogP contribution in [0.1, 0.15) is 11.1 Å². The fourth-order valence-electron chi connectivity index (χ4n) is 2.01. The lowest BCUT2D eigenvalue weighted by Gasteiger charge is -2.12. The molecular formula is C17H19ClN2O3. The molecule has 0 saturated heterocycles. The van der Waals surface area contributed by atoms with Gasteiger partial charge < -0.3 is 20.1 Å². The molecule has 5 nitrogen and oxygen atoms in total. The number of hydrogen-bond donors (Lipinski definition) is 2. The van der Waals surface area contributed by atoms with Crippen LogP contribution in [-0.2, 0) is 6.54 Å². The molecule has 2 aromatic carbocycles. The summed E-state index contributed by atoms with van der Waals surface area (Å²) in [7, 11) is 3.10. The molecule has 0 aliphatic carbocycles. The van der Waals surface area contributed by atoms with Gasteiger partial charge in [-0.1, -0.05) is 23.7 Å². The Morgan fingerprint density at radius 2 is 1.91 bits per heavy atom. The van der Waals surface area contributed by atoms with Gasteiger partial charge in [-0.25, -0.2) is 4.79 Å².